The number of aryl methyl sites for hydroxylation is 1. The summed E-state index contributed by atoms with van der Waals surface area (Å²) in [6, 6.07) is 2.27. The molecule has 1 aromatic carbocycles. The van der Waals surface area contributed by atoms with Gasteiger partial charge in [0.2, 0.25) is 0 Å². The van der Waals surface area contributed by atoms with Crippen LogP contribution >= 0.6 is 34.5 Å². The number of carboxylic acids is 1. The molecule has 0 amide bonds. The number of aromatic carboxylic acids is 1. The second kappa shape index (κ2) is 5.92. The lowest BCUT2D eigenvalue weighted by Gasteiger charge is -2.08. The van der Waals surface area contributed by atoms with Crippen molar-refractivity contribution in [3.63, 3.8) is 0 Å². The van der Waals surface area contributed by atoms with Gasteiger partial charge in [-0.15, -0.1) is 11.3 Å². The number of halogens is 2. The fraction of sp³-hybridized carbons (Fsp3) is 0.167. The van der Waals surface area contributed by atoms with Gasteiger partial charge in [0.1, 0.15) is 0 Å². The first-order valence-electron chi connectivity index (χ1n) is 5.57. The molecule has 112 valence electrons. The molecule has 0 atom stereocenters. The van der Waals surface area contributed by atoms with Gasteiger partial charge in [0.15, 0.2) is 9.84 Å². The van der Waals surface area contributed by atoms with Gasteiger partial charge in [0.05, 0.1) is 26.2 Å². The minimum absolute atomic E-state index is 0.00383. The minimum Gasteiger partial charge on any atom is -0.478 e. The molecule has 0 saturated heterocycles. The highest BCUT2D eigenvalue weighted by Crippen LogP contribution is 2.32. The number of carboxylic acid groups (broad SMARTS) is 1. The molecule has 21 heavy (non-hydrogen) atoms. The summed E-state index contributed by atoms with van der Waals surface area (Å²) in [7, 11) is -3.82. The molecule has 1 heterocycles. The first kappa shape index (κ1) is 16.2. The van der Waals surface area contributed by atoms with Crippen molar-refractivity contribution in [3.05, 3.63) is 43.8 Å². The van der Waals surface area contributed by atoms with Gasteiger partial charge in [-0.3, -0.25) is 0 Å². The Bertz CT molecular complexity index is 815. The Kier molecular flexibility index (Phi) is 4.57. The van der Waals surface area contributed by atoms with Crippen LogP contribution in [0.3, 0.4) is 0 Å². The van der Waals surface area contributed by atoms with E-state index in [0.717, 1.165) is 17.1 Å². The normalized spacial score (nSPS) is 11.6. The lowest BCUT2D eigenvalue weighted by atomic mass is 10.2. The van der Waals surface area contributed by atoms with E-state index in [1.807, 2.05) is 0 Å². The Labute approximate surface area is 135 Å². The van der Waals surface area contributed by atoms with Crippen LogP contribution in [0.1, 0.15) is 20.2 Å². The lowest BCUT2D eigenvalue weighted by Crippen LogP contribution is -2.08. The van der Waals surface area contributed by atoms with Crippen molar-refractivity contribution < 1.29 is 18.3 Å². The van der Waals surface area contributed by atoms with Gasteiger partial charge in [0, 0.05) is 16.1 Å². The number of sulfone groups is 1. The van der Waals surface area contributed by atoms with Crippen LogP contribution in [-0.2, 0) is 15.6 Å². The third-order valence-electron chi connectivity index (χ3n) is 2.57. The average Bonchev–Trinajstić information content (AvgIpc) is 2.76. The van der Waals surface area contributed by atoms with Gasteiger partial charge in [0.25, 0.3) is 0 Å². The van der Waals surface area contributed by atoms with Crippen LogP contribution in [0.4, 0.5) is 0 Å². The quantitative estimate of drug-likeness (QED) is 0.896. The van der Waals surface area contributed by atoms with E-state index in [4.69, 9.17) is 28.3 Å². The summed E-state index contributed by atoms with van der Waals surface area (Å²) >= 11 is 12.9. The van der Waals surface area contributed by atoms with Gasteiger partial charge in [-0.05, 0) is 19.1 Å². The Morgan fingerprint density at radius 3 is 2.57 bits per heavy atom. The van der Waals surface area contributed by atoms with E-state index >= 15 is 0 Å². The second-order valence-electron chi connectivity index (χ2n) is 4.18. The Hall–Kier alpha value is -1.15. The average molecular weight is 366 g/mol. The number of benzene rings is 1. The molecule has 2 rings (SSSR count). The molecule has 0 aliphatic heterocycles. The highest BCUT2D eigenvalue weighted by molar-refractivity contribution is 7.91. The maximum absolute atomic E-state index is 12.4. The summed E-state index contributed by atoms with van der Waals surface area (Å²) in [5, 5.41) is 9.42. The lowest BCUT2D eigenvalue weighted by molar-refractivity contribution is 0.0697. The number of carbonyl (C=O) groups is 1. The van der Waals surface area contributed by atoms with Crippen LogP contribution < -0.4 is 0 Å². The third-order valence-corrected chi connectivity index (χ3v) is 6.09. The smallest absolute Gasteiger partial charge is 0.337 e. The van der Waals surface area contributed by atoms with E-state index in [1.54, 1.807) is 6.92 Å². The number of hydrogen-bond acceptors (Lipinski definition) is 5. The van der Waals surface area contributed by atoms with Gasteiger partial charge in [-0.2, -0.15) is 0 Å². The van der Waals surface area contributed by atoms with E-state index in [2.05, 4.69) is 4.98 Å². The predicted octanol–water partition coefficient (Wildman–Crippen LogP) is 3.43. The standard InChI is InChI=1S/C12H9Cl2NO4S2/c1-6-15-4-8(20-6)5-21(18,19)10-3-7(13)2-9(11(10)14)12(16)17/h2-4H,5H2,1H3,(H,16,17). The fourth-order valence-corrected chi connectivity index (χ4v) is 5.09. The zero-order valence-electron chi connectivity index (χ0n) is 10.6. The van der Waals surface area contributed by atoms with Gasteiger partial charge < -0.3 is 5.11 Å². The van der Waals surface area contributed by atoms with Crippen molar-refractivity contribution in [2.45, 2.75) is 17.6 Å². The number of nitrogens with zero attached hydrogens (tertiary/aromatic N) is 1. The SMILES string of the molecule is Cc1ncc(CS(=O)(=O)c2cc(Cl)cc(C(=O)O)c2Cl)s1. The Morgan fingerprint density at radius 2 is 2.05 bits per heavy atom. The van der Waals surface area contributed by atoms with Crippen LogP contribution in [0.15, 0.2) is 23.2 Å². The molecule has 1 N–H and O–H groups in total. The summed E-state index contributed by atoms with van der Waals surface area (Å²) in [5.74, 6) is -1.65. The van der Waals surface area contributed by atoms with Crippen LogP contribution in [0, 0.1) is 6.92 Å². The Morgan fingerprint density at radius 1 is 1.38 bits per heavy atom. The Balaban J connectivity index is 2.52. The zero-order chi connectivity index (χ0) is 15.8. The summed E-state index contributed by atoms with van der Waals surface area (Å²) in [5.41, 5.74) is -0.344. The number of aromatic nitrogens is 1. The molecule has 0 unspecified atom stereocenters. The maximum atomic E-state index is 12.4. The van der Waals surface area contributed by atoms with E-state index in [1.165, 1.54) is 17.5 Å². The number of thiazole rings is 1. The third kappa shape index (κ3) is 3.55. The van der Waals surface area contributed by atoms with Gasteiger partial charge >= 0.3 is 5.97 Å². The molecule has 0 bridgehead atoms. The molecule has 0 radical (unpaired) electrons. The predicted molar refractivity (Wildman–Crippen MR) is 81.2 cm³/mol. The molecule has 9 heteroatoms. The second-order valence-corrected chi connectivity index (χ2v) is 8.27. The summed E-state index contributed by atoms with van der Waals surface area (Å²) in [4.78, 5) is 15.3. The van der Waals surface area contributed by atoms with E-state index < -0.39 is 15.8 Å². The monoisotopic (exact) mass is 365 g/mol. The van der Waals surface area contributed by atoms with Crippen LogP contribution in [0.5, 0.6) is 0 Å². The number of rotatable bonds is 4. The van der Waals surface area contributed by atoms with E-state index in [9.17, 15) is 13.2 Å². The largest absolute Gasteiger partial charge is 0.478 e. The van der Waals surface area contributed by atoms with Crippen molar-refractivity contribution in [2.75, 3.05) is 0 Å². The molecule has 0 aliphatic carbocycles. The summed E-state index contributed by atoms with van der Waals surface area (Å²) in [6.07, 6.45) is 1.47. The summed E-state index contributed by atoms with van der Waals surface area (Å²) in [6.45, 7) is 1.76. The van der Waals surface area contributed by atoms with Crippen LogP contribution in [0.2, 0.25) is 10.0 Å². The zero-order valence-corrected chi connectivity index (χ0v) is 13.8. The van der Waals surface area contributed by atoms with Crippen LogP contribution in [0.25, 0.3) is 0 Å². The molecular weight excluding hydrogens is 357 g/mol. The van der Waals surface area contributed by atoms with E-state index in [-0.39, 0.29) is 26.3 Å². The molecule has 2 aromatic rings. The van der Waals surface area contributed by atoms with Crippen molar-refractivity contribution in [3.8, 4) is 0 Å². The minimum atomic E-state index is -3.82. The molecule has 0 aliphatic rings. The summed E-state index contributed by atoms with van der Waals surface area (Å²) < 4.78 is 24.8. The molecule has 1 aromatic heterocycles. The van der Waals surface area contributed by atoms with Crippen molar-refractivity contribution >= 4 is 50.3 Å². The first-order valence-corrected chi connectivity index (χ1v) is 8.79. The molecule has 5 nitrogen and oxygen atoms in total. The first-order chi connectivity index (χ1) is 9.70. The molecule has 0 fully saturated rings. The molecular formula is C12H9Cl2NO4S2. The number of hydrogen-bond donors (Lipinski definition) is 1. The van der Waals surface area contributed by atoms with Crippen molar-refractivity contribution in [1.29, 1.82) is 0 Å². The fourth-order valence-electron chi connectivity index (χ4n) is 1.68. The maximum Gasteiger partial charge on any atom is 0.337 e. The highest BCUT2D eigenvalue weighted by Gasteiger charge is 2.24. The van der Waals surface area contributed by atoms with Crippen molar-refractivity contribution in [2.24, 2.45) is 0 Å². The topological polar surface area (TPSA) is 84.3 Å². The van der Waals surface area contributed by atoms with Gasteiger partial charge in [-0.1, -0.05) is 23.2 Å². The molecule has 0 spiro atoms. The van der Waals surface area contributed by atoms with Crippen LogP contribution in [-0.4, -0.2) is 24.5 Å². The van der Waals surface area contributed by atoms with E-state index in [0.29, 0.717) is 4.88 Å². The molecule has 0 saturated carbocycles. The van der Waals surface area contributed by atoms with Crippen molar-refractivity contribution in [1.82, 2.24) is 4.98 Å². The van der Waals surface area contributed by atoms with Gasteiger partial charge in [-0.25, -0.2) is 18.2 Å². The highest BCUT2D eigenvalue weighted by atomic mass is 35.5.